The van der Waals surface area contributed by atoms with Crippen LogP contribution >= 0.6 is 0 Å². The summed E-state index contributed by atoms with van der Waals surface area (Å²) in [6, 6.07) is 34.0. The Labute approximate surface area is 364 Å². The van der Waals surface area contributed by atoms with E-state index in [4.69, 9.17) is 18.4 Å². The SMILES string of the molecule is [2H]c1c([2H])c([2H])c2oc(-c3c([2H])c([2H])c4oc5c([2H])c(N(c6ccc(-c7ccc(-c8ccccc8)cc7)cc6)c6ccc7c(c6)C(C)(C)c6ccccc6-7)c6c([2H])c([2H])c([2H])c([2H])c6c5c4c3[2H])nc2c1[2H]. The van der Waals surface area contributed by atoms with Crippen molar-refractivity contribution in [1.29, 1.82) is 0 Å². The van der Waals surface area contributed by atoms with Gasteiger partial charge in [0, 0.05) is 44.6 Å². The number of fused-ring (bicyclic) bond motifs is 9. The summed E-state index contributed by atoms with van der Waals surface area (Å²) in [7, 11) is 0. The third-order valence-corrected chi connectivity index (χ3v) is 11.6. The lowest BCUT2D eigenvalue weighted by Crippen LogP contribution is -2.16. The highest BCUT2D eigenvalue weighted by Gasteiger charge is 2.36. The van der Waals surface area contributed by atoms with Crippen molar-refractivity contribution in [2.45, 2.75) is 19.3 Å². The Balaban J connectivity index is 1.14. The molecule has 0 bridgehead atoms. The standard InChI is InChI=1S/C56H38N2O2/c1-56(2)47-17-9-8-14-42(47)43-30-29-41(33-48(43)56)58(40-27-24-38(25-28-40)37-22-20-36(21-23-37)35-12-4-3-5-13-35)50-34-53-54(45-16-7-6-15-44(45)50)46-32-39(26-31-51(46)59-53)55-57-49-18-10-11-19-52(49)60-55/h3-34H,1-2H3/i6D,7D,10D,11D,15D,16D,18D,19D,26D,31D,32D,34D. The van der Waals surface area contributed by atoms with Gasteiger partial charge in [0.05, 0.1) is 22.1 Å². The molecule has 0 unspecified atom stereocenters. The second kappa shape index (κ2) is 13.2. The lowest BCUT2D eigenvalue weighted by Gasteiger charge is -2.29. The van der Waals surface area contributed by atoms with Gasteiger partial charge >= 0.3 is 0 Å². The van der Waals surface area contributed by atoms with E-state index in [1.807, 2.05) is 72.8 Å². The van der Waals surface area contributed by atoms with Gasteiger partial charge in [-0.15, -0.1) is 0 Å². The van der Waals surface area contributed by atoms with Gasteiger partial charge in [0.2, 0.25) is 5.89 Å². The zero-order valence-electron chi connectivity index (χ0n) is 44.3. The van der Waals surface area contributed by atoms with Crippen LogP contribution in [-0.2, 0) is 5.41 Å². The Bertz CT molecular complexity index is 4110. The van der Waals surface area contributed by atoms with E-state index in [-0.39, 0.29) is 61.1 Å². The highest BCUT2D eigenvalue weighted by atomic mass is 16.3. The molecule has 0 atom stereocenters. The third kappa shape index (κ3) is 5.34. The van der Waals surface area contributed by atoms with Crippen molar-refractivity contribution < 1.29 is 25.3 Å². The minimum absolute atomic E-state index is 0.0449. The minimum atomic E-state index is -0.588. The number of para-hydroxylation sites is 2. The highest BCUT2D eigenvalue weighted by Crippen LogP contribution is 2.52. The quantitative estimate of drug-likeness (QED) is 0.168. The molecule has 4 nitrogen and oxygen atoms in total. The number of aromatic nitrogens is 1. The third-order valence-electron chi connectivity index (χ3n) is 11.6. The van der Waals surface area contributed by atoms with Gasteiger partial charge in [-0.1, -0.05) is 147 Å². The topological polar surface area (TPSA) is 42.4 Å². The van der Waals surface area contributed by atoms with E-state index >= 15 is 0 Å². The fraction of sp³-hybridized carbons (Fsp3) is 0.0536. The van der Waals surface area contributed by atoms with Crippen LogP contribution in [0.2, 0.25) is 0 Å². The number of benzene rings is 9. The van der Waals surface area contributed by atoms with Crippen molar-refractivity contribution in [3.8, 4) is 44.8 Å². The zero-order chi connectivity index (χ0) is 50.4. The Hall–Kier alpha value is -7.69. The lowest BCUT2D eigenvalue weighted by atomic mass is 9.82. The molecule has 0 aliphatic heterocycles. The molecule has 11 aromatic rings. The van der Waals surface area contributed by atoms with Gasteiger partial charge in [0.15, 0.2) is 5.58 Å². The normalized spacial score (nSPS) is 15.8. The van der Waals surface area contributed by atoms with Crippen LogP contribution in [0, 0.1) is 0 Å². The molecule has 284 valence electrons. The Morgan fingerprint density at radius 2 is 1.15 bits per heavy atom. The van der Waals surface area contributed by atoms with Gasteiger partial charge in [0.1, 0.15) is 16.7 Å². The molecule has 0 fully saturated rings. The summed E-state index contributed by atoms with van der Waals surface area (Å²) in [5.74, 6) is -0.436. The molecule has 2 aromatic heterocycles. The molecule has 1 aliphatic carbocycles. The molecule has 0 spiro atoms. The molecule has 9 aromatic carbocycles. The zero-order valence-corrected chi connectivity index (χ0v) is 32.3. The lowest BCUT2D eigenvalue weighted by molar-refractivity contribution is 0.620. The van der Waals surface area contributed by atoms with Gasteiger partial charge in [-0.25, -0.2) is 4.98 Å². The molecule has 0 amide bonds. The molecule has 60 heavy (non-hydrogen) atoms. The number of anilines is 3. The maximum Gasteiger partial charge on any atom is 0.227 e. The molecule has 0 N–H and O–H groups in total. The first kappa shape index (κ1) is 24.3. The summed E-state index contributed by atoms with van der Waals surface area (Å²) in [4.78, 5) is 6.11. The number of hydrogen-bond acceptors (Lipinski definition) is 4. The van der Waals surface area contributed by atoms with Crippen LogP contribution in [0.3, 0.4) is 0 Å². The molecule has 4 heteroatoms. The van der Waals surface area contributed by atoms with E-state index in [2.05, 4.69) is 67.4 Å². The van der Waals surface area contributed by atoms with Crippen molar-refractivity contribution in [2.75, 3.05) is 4.90 Å². The smallest absolute Gasteiger partial charge is 0.227 e. The van der Waals surface area contributed by atoms with Crippen LogP contribution in [0.25, 0.3) is 88.6 Å². The molecular weight excluding hydrogens is 733 g/mol. The van der Waals surface area contributed by atoms with Gasteiger partial charge in [-0.05, 0) is 104 Å². The maximum absolute atomic E-state index is 10.2. The number of hydrogen-bond donors (Lipinski definition) is 0. The monoisotopic (exact) mass is 782 g/mol. The summed E-state index contributed by atoms with van der Waals surface area (Å²) in [5, 5.41) is -0.369. The second-order valence-corrected chi connectivity index (χ2v) is 15.4. The molecule has 2 heterocycles. The van der Waals surface area contributed by atoms with Crippen molar-refractivity contribution in [3.63, 3.8) is 0 Å². The average molecular weight is 783 g/mol. The van der Waals surface area contributed by atoms with Crippen LogP contribution in [-0.4, -0.2) is 4.98 Å². The summed E-state index contributed by atoms with van der Waals surface area (Å²) >= 11 is 0. The first-order valence-corrected chi connectivity index (χ1v) is 19.6. The highest BCUT2D eigenvalue weighted by molar-refractivity contribution is 6.23. The van der Waals surface area contributed by atoms with E-state index in [1.54, 1.807) is 4.90 Å². The van der Waals surface area contributed by atoms with Crippen LogP contribution in [0.5, 0.6) is 0 Å². The Morgan fingerprint density at radius 1 is 0.500 bits per heavy atom. The first-order valence-electron chi connectivity index (χ1n) is 25.6. The largest absolute Gasteiger partial charge is 0.456 e. The van der Waals surface area contributed by atoms with E-state index in [1.165, 1.54) is 0 Å². The number of furan rings is 1. The second-order valence-electron chi connectivity index (χ2n) is 15.4. The average Bonchev–Trinajstić information content (AvgIpc) is 4.09. The predicted molar refractivity (Wildman–Crippen MR) is 247 cm³/mol. The minimum Gasteiger partial charge on any atom is -0.456 e. The summed E-state index contributed by atoms with van der Waals surface area (Å²) in [5.41, 5.74) is 7.59. The molecule has 1 aliphatic rings. The fourth-order valence-electron chi connectivity index (χ4n) is 8.67. The molecule has 0 saturated carbocycles. The van der Waals surface area contributed by atoms with E-state index in [0.717, 1.165) is 44.5 Å². The molecule has 0 radical (unpaired) electrons. The number of nitrogens with zero attached hydrogens (tertiary/aromatic N) is 2. The predicted octanol–water partition coefficient (Wildman–Crippen LogP) is 15.7. The summed E-state index contributed by atoms with van der Waals surface area (Å²) in [6.45, 7) is 4.30. The maximum atomic E-state index is 10.2. The van der Waals surface area contributed by atoms with Crippen LogP contribution in [0.4, 0.5) is 17.1 Å². The fourth-order valence-corrected chi connectivity index (χ4v) is 8.67. The molecule has 0 saturated heterocycles. The summed E-state index contributed by atoms with van der Waals surface area (Å²) < 4.78 is 121. The van der Waals surface area contributed by atoms with Crippen molar-refractivity contribution in [1.82, 2.24) is 4.98 Å². The van der Waals surface area contributed by atoms with Crippen molar-refractivity contribution in [2.24, 2.45) is 0 Å². The van der Waals surface area contributed by atoms with Gasteiger partial charge < -0.3 is 13.7 Å². The van der Waals surface area contributed by atoms with Gasteiger partial charge in [-0.2, -0.15) is 0 Å². The van der Waals surface area contributed by atoms with Gasteiger partial charge in [-0.3, -0.25) is 0 Å². The van der Waals surface area contributed by atoms with Crippen molar-refractivity contribution in [3.05, 3.63) is 205 Å². The van der Waals surface area contributed by atoms with E-state index in [0.29, 0.717) is 11.4 Å². The molecule has 12 rings (SSSR count). The van der Waals surface area contributed by atoms with Crippen LogP contribution < -0.4 is 4.90 Å². The number of oxazole rings is 1. The van der Waals surface area contributed by atoms with E-state index < -0.39 is 77.8 Å². The van der Waals surface area contributed by atoms with E-state index in [9.17, 15) is 6.85 Å². The first-order chi connectivity index (χ1) is 34.5. The molecular formula is C56H38N2O2. The summed E-state index contributed by atoms with van der Waals surface area (Å²) in [6.07, 6.45) is 0. The Morgan fingerprint density at radius 3 is 1.95 bits per heavy atom. The van der Waals surface area contributed by atoms with Crippen molar-refractivity contribution >= 4 is 60.9 Å². The van der Waals surface area contributed by atoms with Crippen LogP contribution in [0.15, 0.2) is 203 Å². The number of rotatable bonds is 6. The van der Waals surface area contributed by atoms with Gasteiger partial charge in [0.25, 0.3) is 0 Å². The Kier molecular flexibility index (Phi) is 5.33. The van der Waals surface area contributed by atoms with Crippen LogP contribution in [0.1, 0.15) is 41.4 Å².